The summed E-state index contributed by atoms with van der Waals surface area (Å²) in [5, 5.41) is 22.6. The summed E-state index contributed by atoms with van der Waals surface area (Å²) in [6, 6.07) is 15.4. The molecule has 3 rings (SSSR count). The molecule has 0 atom stereocenters. The van der Waals surface area contributed by atoms with Crippen molar-refractivity contribution in [1.82, 2.24) is 5.16 Å². The van der Waals surface area contributed by atoms with Crippen molar-refractivity contribution in [1.29, 1.82) is 5.26 Å². The average molecular weight is 396 g/mol. The number of ether oxygens (including phenoxy) is 2. The van der Waals surface area contributed by atoms with Crippen LogP contribution in [0.15, 0.2) is 58.1 Å². The Bertz CT molecular complexity index is 991. The molecule has 0 amide bonds. The number of nitriles is 1. The number of rotatable bonds is 8. The zero-order valence-electron chi connectivity index (χ0n) is 14.9. The van der Waals surface area contributed by atoms with Gasteiger partial charge in [-0.1, -0.05) is 5.16 Å². The van der Waals surface area contributed by atoms with E-state index in [0.717, 1.165) is 5.56 Å². The lowest BCUT2D eigenvalue weighted by atomic mass is 10.1. The Morgan fingerprint density at radius 1 is 1.11 bits per heavy atom. The Labute approximate surface area is 165 Å². The SMILES string of the molecule is CSc1noc(-c2ccc(OCCOc3ccc(C(=O)O)cc3)cc2)c1C#N. The lowest BCUT2D eigenvalue weighted by molar-refractivity contribution is 0.0697. The van der Waals surface area contributed by atoms with E-state index in [2.05, 4.69) is 11.2 Å². The van der Waals surface area contributed by atoms with Gasteiger partial charge in [0.05, 0.1) is 5.56 Å². The topological polar surface area (TPSA) is 106 Å². The van der Waals surface area contributed by atoms with Gasteiger partial charge in [-0.15, -0.1) is 11.8 Å². The van der Waals surface area contributed by atoms with Gasteiger partial charge in [-0.2, -0.15) is 5.26 Å². The number of aromatic nitrogens is 1. The number of hydrogen-bond donors (Lipinski definition) is 1. The Kier molecular flexibility index (Phi) is 6.19. The predicted octanol–water partition coefficient (Wildman–Crippen LogP) is 4.09. The van der Waals surface area contributed by atoms with Crippen molar-refractivity contribution in [3.05, 3.63) is 59.7 Å². The van der Waals surface area contributed by atoms with Gasteiger partial charge in [0.15, 0.2) is 10.8 Å². The largest absolute Gasteiger partial charge is 0.490 e. The average Bonchev–Trinajstić information content (AvgIpc) is 3.15. The molecular formula is C20H16N2O5S. The zero-order valence-corrected chi connectivity index (χ0v) is 15.7. The van der Waals surface area contributed by atoms with Gasteiger partial charge >= 0.3 is 5.97 Å². The summed E-state index contributed by atoms with van der Waals surface area (Å²) in [5.74, 6) is 0.682. The van der Waals surface area contributed by atoms with Gasteiger partial charge in [0.2, 0.25) is 0 Å². The third kappa shape index (κ3) is 4.45. The van der Waals surface area contributed by atoms with Crippen LogP contribution < -0.4 is 9.47 Å². The Hall–Kier alpha value is -3.44. The Morgan fingerprint density at radius 2 is 1.68 bits per heavy atom. The number of thioether (sulfide) groups is 1. The van der Waals surface area contributed by atoms with Crippen LogP contribution in [-0.4, -0.2) is 35.7 Å². The predicted molar refractivity (Wildman–Crippen MR) is 103 cm³/mol. The number of nitrogens with zero attached hydrogens (tertiary/aromatic N) is 2. The van der Waals surface area contributed by atoms with Crippen molar-refractivity contribution in [3.63, 3.8) is 0 Å². The highest BCUT2D eigenvalue weighted by Crippen LogP contribution is 2.31. The molecule has 1 aromatic heterocycles. The molecule has 28 heavy (non-hydrogen) atoms. The third-order valence-corrected chi connectivity index (χ3v) is 4.47. The monoisotopic (exact) mass is 396 g/mol. The first-order valence-electron chi connectivity index (χ1n) is 8.25. The lowest BCUT2D eigenvalue weighted by Crippen LogP contribution is -2.09. The van der Waals surface area contributed by atoms with Crippen LogP contribution in [-0.2, 0) is 0 Å². The first-order chi connectivity index (χ1) is 13.6. The third-order valence-electron chi connectivity index (χ3n) is 3.80. The summed E-state index contributed by atoms with van der Waals surface area (Å²) in [6.07, 6.45) is 1.84. The second-order valence-corrected chi connectivity index (χ2v) is 6.35. The van der Waals surface area contributed by atoms with Crippen molar-refractivity contribution in [2.75, 3.05) is 19.5 Å². The smallest absolute Gasteiger partial charge is 0.335 e. The number of aromatic carboxylic acids is 1. The van der Waals surface area contributed by atoms with Crippen molar-refractivity contribution < 1.29 is 23.9 Å². The summed E-state index contributed by atoms with van der Waals surface area (Å²) >= 11 is 1.36. The molecule has 0 aliphatic rings. The van der Waals surface area contributed by atoms with Crippen molar-refractivity contribution in [2.24, 2.45) is 0 Å². The van der Waals surface area contributed by atoms with E-state index in [0.29, 0.717) is 41.1 Å². The second kappa shape index (κ2) is 8.97. The van der Waals surface area contributed by atoms with Crippen LogP contribution in [0.25, 0.3) is 11.3 Å². The minimum Gasteiger partial charge on any atom is -0.490 e. The fraction of sp³-hybridized carbons (Fsp3) is 0.150. The molecule has 0 spiro atoms. The van der Waals surface area contributed by atoms with Crippen LogP contribution in [0.4, 0.5) is 0 Å². The number of hydrogen-bond acceptors (Lipinski definition) is 7. The van der Waals surface area contributed by atoms with Crippen molar-refractivity contribution >= 4 is 17.7 Å². The van der Waals surface area contributed by atoms with Gasteiger partial charge in [0, 0.05) is 5.56 Å². The highest BCUT2D eigenvalue weighted by molar-refractivity contribution is 7.98. The standard InChI is InChI=1S/C20H16N2O5S/c1-28-19-17(12-21)18(27-22-19)13-2-6-15(7-3-13)25-10-11-26-16-8-4-14(5-9-16)20(23)24/h2-9H,10-11H2,1H3,(H,23,24). The molecule has 0 aliphatic carbocycles. The highest BCUT2D eigenvalue weighted by Gasteiger charge is 2.16. The van der Waals surface area contributed by atoms with Crippen molar-refractivity contribution in [3.8, 4) is 28.9 Å². The normalized spacial score (nSPS) is 10.3. The Morgan fingerprint density at radius 3 is 2.18 bits per heavy atom. The Balaban J connectivity index is 1.53. The maximum absolute atomic E-state index is 10.8. The van der Waals surface area contributed by atoms with E-state index in [-0.39, 0.29) is 5.56 Å². The minimum absolute atomic E-state index is 0.208. The molecule has 0 bridgehead atoms. The van der Waals surface area contributed by atoms with Gasteiger partial charge in [0.25, 0.3) is 0 Å². The van der Waals surface area contributed by atoms with E-state index in [9.17, 15) is 10.1 Å². The number of benzene rings is 2. The van der Waals surface area contributed by atoms with Gasteiger partial charge in [0.1, 0.15) is 36.3 Å². The number of carbonyl (C=O) groups is 1. The van der Waals surface area contributed by atoms with E-state index >= 15 is 0 Å². The molecule has 7 nitrogen and oxygen atoms in total. The molecule has 0 saturated carbocycles. The molecule has 0 unspecified atom stereocenters. The van der Waals surface area contributed by atoms with E-state index in [1.807, 2.05) is 6.26 Å². The molecule has 1 heterocycles. The van der Waals surface area contributed by atoms with E-state index < -0.39 is 5.97 Å². The van der Waals surface area contributed by atoms with Crippen LogP contribution in [0.3, 0.4) is 0 Å². The zero-order chi connectivity index (χ0) is 19.9. The fourth-order valence-corrected chi connectivity index (χ4v) is 2.88. The second-order valence-electron chi connectivity index (χ2n) is 5.56. The summed E-state index contributed by atoms with van der Waals surface area (Å²) in [4.78, 5) is 10.8. The van der Waals surface area contributed by atoms with Crippen LogP contribution in [0.1, 0.15) is 15.9 Å². The van der Waals surface area contributed by atoms with E-state index in [1.54, 1.807) is 36.4 Å². The maximum Gasteiger partial charge on any atom is 0.335 e. The maximum atomic E-state index is 10.8. The molecule has 0 fully saturated rings. The summed E-state index contributed by atoms with van der Waals surface area (Å²) in [6.45, 7) is 0.633. The van der Waals surface area contributed by atoms with E-state index in [1.165, 1.54) is 23.9 Å². The molecule has 2 aromatic carbocycles. The molecule has 3 aromatic rings. The van der Waals surface area contributed by atoms with Crippen LogP contribution in [0.2, 0.25) is 0 Å². The minimum atomic E-state index is -0.977. The number of carboxylic acids is 1. The van der Waals surface area contributed by atoms with Crippen LogP contribution >= 0.6 is 11.8 Å². The molecule has 1 N–H and O–H groups in total. The highest BCUT2D eigenvalue weighted by atomic mass is 32.2. The molecule has 142 valence electrons. The van der Waals surface area contributed by atoms with Gasteiger partial charge in [-0.05, 0) is 54.8 Å². The van der Waals surface area contributed by atoms with E-state index in [4.69, 9.17) is 19.1 Å². The van der Waals surface area contributed by atoms with Gasteiger partial charge in [-0.25, -0.2) is 4.79 Å². The van der Waals surface area contributed by atoms with Crippen molar-refractivity contribution in [2.45, 2.75) is 5.03 Å². The molecule has 0 aliphatic heterocycles. The summed E-state index contributed by atoms with van der Waals surface area (Å²) < 4.78 is 16.4. The van der Waals surface area contributed by atoms with Crippen LogP contribution in [0.5, 0.6) is 11.5 Å². The first kappa shape index (κ1) is 19.3. The number of carboxylic acid groups (broad SMARTS) is 1. The molecule has 8 heteroatoms. The molecule has 0 saturated heterocycles. The summed E-state index contributed by atoms with van der Waals surface area (Å²) in [7, 11) is 0. The van der Waals surface area contributed by atoms with Crippen LogP contribution in [0, 0.1) is 11.3 Å². The molecule has 0 radical (unpaired) electrons. The van der Waals surface area contributed by atoms with Gasteiger partial charge < -0.3 is 19.1 Å². The fourth-order valence-electron chi connectivity index (χ4n) is 2.43. The first-order valence-corrected chi connectivity index (χ1v) is 9.48. The quantitative estimate of drug-likeness (QED) is 0.448. The van der Waals surface area contributed by atoms with Gasteiger partial charge in [-0.3, -0.25) is 0 Å². The lowest BCUT2D eigenvalue weighted by Gasteiger charge is -2.09. The molecular weight excluding hydrogens is 380 g/mol. The summed E-state index contributed by atoms with van der Waals surface area (Å²) in [5.41, 5.74) is 1.37.